The lowest BCUT2D eigenvalue weighted by molar-refractivity contribution is 0.0336. The van der Waals surface area contributed by atoms with E-state index >= 15 is 0 Å². The predicted molar refractivity (Wildman–Crippen MR) is 73.7 cm³/mol. The third-order valence-electron chi connectivity index (χ3n) is 4.76. The summed E-state index contributed by atoms with van der Waals surface area (Å²) in [7, 11) is 0. The van der Waals surface area contributed by atoms with Crippen LogP contribution >= 0.6 is 0 Å². The first-order valence-electron chi connectivity index (χ1n) is 7.94. The summed E-state index contributed by atoms with van der Waals surface area (Å²) < 4.78 is 5.64. The summed E-state index contributed by atoms with van der Waals surface area (Å²) in [6, 6.07) is 0.918. The predicted octanol–water partition coefficient (Wildman–Crippen LogP) is 1.88. The van der Waals surface area contributed by atoms with Crippen LogP contribution in [0.1, 0.15) is 38.5 Å². The zero-order valence-electron chi connectivity index (χ0n) is 11.6. The minimum absolute atomic E-state index is 0.807. The number of ether oxygens (including phenoxy) is 1. The molecular weight excluding hydrogens is 224 g/mol. The van der Waals surface area contributed by atoms with Crippen molar-refractivity contribution in [3.63, 3.8) is 0 Å². The van der Waals surface area contributed by atoms with Crippen molar-refractivity contribution < 1.29 is 4.74 Å². The zero-order valence-corrected chi connectivity index (χ0v) is 11.6. The fourth-order valence-corrected chi connectivity index (χ4v) is 3.49. The van der Waals surface area contributed by atoms with Crippen molar-refractivity contribution >= 4 is 0 Å². The van der Waals surface area contributed by atoms with Gasteiger partial charge in [0.15, 0.2) is 0 Å². The van der Waals surface area contributed by atoms with Crippen LogP contribution in [0.25, 0.3) is 0 Å². The van der Waals surface area contributed by atoms with E-state index in [2.05, 4.69) is 10.2 Å². The van der Waals surface area contributed by atoms with Crippen LogP contribution < -0.4 is 5.32 Å². The largest absolute Gasteiger partial charge is 0.381 e. The van der Waals surface area contributed by atoms with Gasteiger partial charge in [-0.25, -0.2) is 0 Å². The first-order valence-corrected chi connectivity index (χ1v) is 7.94. The molecule has 0 amide bonds. The van der Waals surface area contributed by atoms with Crippen molar-refractivity contribution in [2.24, 2.45) is 11.8 Å². The molecule has 1 N–H and O–H groups in total. The molecule has 1 atom stereocenters. The summed E-state index contributed by atoms with van der Waals surface area (Å²) in [4.78, 5) is 2.80. The molecule has 2 saturated heterocycles. The van der Waals surface area contributed by atoms with Gasteiger partial charge in [0.2, 0.25) is 0 Å². The Morgan fingerprint density at radius 3 is 2.39 bits per heavy atom. The SMILES string of the molecule is C1COCC(CN(CC2CCNCC2)C2CC2)C1. The highest BCUT2D eigenvalue weighted by Gasteiger charge is 2.32. The minimum atomic E-state index is 0.807. The molecule has 2 heterocycles. The van der Waals surface area contributed by atoms with Gasteiger partial charge in [-0.05, 0) is 63.5 Å². The van der Waals surface area contributed by atoms with Crippen molar-refractivity contribution in [2.75, 3.05) is 39.4 Å². The summed E-state index contributed by atoms with van der Waals surface area (Å²) in [6.07, 6.45) is 8.30. The maximum absolute atomic E-state index is 5.64. The van der Waals surface area contributed by atoms with Crippen LogP contribution in [0.2, 0.25) is 0 Å². The molecule has 0 radical (unpaired) electrons. The molecule has 1 saturated carbocycles. The van der Waals surface area contributed by atoms with E-state index in [0.29, 0.717) is 0 Å². The fraction of sp³-hybridized carbons (Fsp3) is 1.00. The third kappa shape index (κ3) is 3.69. The highest BCUT2D eigenvalue weighted by molar-refractivity contribution is 4.88. The Hall–Kier alpha value is -0.120. The number of piperidine rings is 1. The van der Waals surface area contributed by atoms with E-state index in [0.717, 1.165) is 31.1 Å². The summed E-state index contributed by atoms with van der Waals surface area (Å²) in [6.45, 7) is 7.12. The molecule has 2 aliphatic heterocycles. The molecule has 3 nitrogen and oxygen atoms in total. The normalized spacial score (nSPS) is 30.8. The highest BCUT2D eigenvalue weighted by Crippen LogP contribution is 2.30. The fourth-order valence-electron chi connectivity index (χ4n) is 3.49. The van der Waals surface area contributed by atoms with Gasteiger partial charge in [0, 0.05) is 25.7 Å². The molecule has 3 rings (SSSR count). The molecule has 0 aromatic heterocycles. The second kappa shape index (κ2) is 6.36. The third-order valence-corrected chi connectivity index (χ3v) is 4.76. The van der Waals surface area contributed by atoms with Crippen LogP contribution in [0.15, 0.2) is 0 Å². The molecule has 0 aromatic rings. The van der Waals surface area contributed by atoms with Crippen molar-refractivity contribution in [3.8, 4) is 0 Å². The number of nitrogens with one attached hydrogen (secondary N) is 1. The van der Waals surface area contributed by atoms with Crippen LogP contribution in [0.4, 0.5) is 0 Å². The maximum atomic E-state index is 5.64. The standard InChI is InChI=1S/C15H28N2O/c1-2-14(12-18-9-1)11-17(15-3-4-15)10-13-5-7-16-8-6-13/h13-16H,1-12H2. The second-order valence-electron chi connectivity index (χ2n) is 6.46. The first-order chi connectivity index (χ1) is 8.92. The maximum Gasteiger partial charge on any atom is 0.0506 e. The Bertz CT molecular complexity index is 223. The van der Waals surface area contributed by atoms with Gasteiger partial charge in [0.05, 0.1) is 6.61 Å². The van der Waals surface area contributed by atoms with E-state index < -0.39 is 0 Å². The summed E-state index contributed by atoms with van der Waals surface area (Å²) in [5.74, 6) is 1.75. The van der Waals surface area contributed by atoms with Gasteiger partial charge in [-0.1, -0.05) is 0 Å². The van der Waals surface area contributed by atoms with Gasteiger partial charge in [-0.15, -0.1) is 0 Å². The Morgan fingerprint density at radius 2 is 1.72 bits per heavy atom. The number of rotatable bonds is 5. The van der Waals surface area contributed by atoms with Crippen molar-refractivity contribution in [3.05, 3.63) is 0 Å². The first kappa shape index (κ1) is 12.9. The molecule has 1 aliphatic carbocycles. The van der Waals surface area contributed by atoms with Crippen molar-refractivity contribution in [1.82, 2.24) is 10.2 Å². The van der Waals surface area contributed by atoms with Crippen LogP contribution in [0.5, 0.6) is 0 Å². The highest BCUT2D eigenvalue weighted by atomic mass is 16.5. The molecule has 3 fully saturated rings. The average molecular weight is 252 g/mol. The molecule has 3 aliphatic rings. The van der Waals surface area contributed by atoms with Gasteiger partial charge < -0.3 is 10.1 Å². The topological polar surface area (TPSA) is 24.5 Å². The van der Waals surface area contributed by atoms with Crippen LogP contribution in [0.3, 0.4) is 0 Å². The zero-order chi connectivity index (χ0) is 12.2. The van der Waals surface area contributed by atoms with Gasteiger partial charge in [-0.2, -0.15) is 0 Å². The molecular formula is C15H28N2O. The molecule has 0 aromatic carbocycles. The van der Waals surface area contributed by atoms with Crippen molar-refractivity contribution in [2.45, 2.75) is 44.6 Å². The quantitative estimate of drug-likeness (QED) is 0.808. The van der Waals surface area contributed by atoms with Gasteiger partial charge in [0.25, 0.3) is 0 Å². The molecule has 1 unspecified atom stereocenters. The van der Waals surface area contributed by atoms with Crippen LogP contribution in [-0.2, 0) is 4.74 Å². The lowest BCUT2D eigenvalue weighted by Gasteiger charge is -2.33. The van der Waals surface area contributed by atoms with Gasteiger partial charge >= 0.3 is 0 Å². The van der Waals surface area contributed by atoms with E-state index in [4.69, 9.17) is 4.74 Å². The Morgan fingerprint density at radius 1 is 0.944 bits per heavy atom. The summed E-state index contributed by atoms with van der Waals surface area (Å²) in [5, 5.41) is 3.48. The Balaban J connectivity index is 1.47. The molecule has 104 valence electrons. The lowest BCUT2D eigenvalue weighted by atomic mass is 9.96. The average Bonchev–Trinajstić information content (AvgIpc) is 3.25. The minimum Gasteiger partial charge on any atom is -0.381 e. The van der Waals surface area contributed by atoms with E-state index in [1.54, 1.807) is 0 Å². The van der Waals surface area contributed by atoms with Crippen LogP contribution in [0, 0.1) is 11.8 Å². The van der Waals surface area contributed by atoms with Crippen LogP contribution in [-0.4, -0.2) is 50.3 Å². The van der Waals surface area contributed by atoms with E-state index in [9.17, 15) is 0 Å². The Labute approximate surface area is 111 Å². The van der Waals surface area contributed by atoms with E-state index in [1.807, 2.05) is 0 Å². The summed E-state index contributed by atoms with van der Waals surface area (Å²) >= 11 is 0. The molecule has 0 spiro atoms. The molecule has 0 bridgehead atoms. The van der Waals surface area contributed by atoms with E-state index in [1.165, 1.54) is 64.7 Å². The molecule has 18 heavy (non-hydrogen) atoms. The number of nitrogens with zero attached hydrogens (tertiary/aromatic N) is 1. The Kier molecular flexibility index (Phi) is 4.55. The van der Waals surface area contributed by atoms with Gasteiger partial charge in [-0.3, -0.25) is 4.90 Å². The van der Waals surface area contributed by atoms with Gasteiger partial charge in [0.1, 0.15) is 0 Å². The molecule has 3 heteroatoms. The summed E-state index contributed by atoms with van der Waals surface area (Å²) in [5.41, 5.74) is 0. The second-order valence-corrected chi connectivity index (χ2v) is 6.46. The number of hydrogen-bond acceptors (Lipinski definition) is 3. The lowest BCUT2D eigenvalue weighted by Crippen LogP contribution is -2.40. The monoisotopic (exact) mass is 252 g/mol. The smallest absolute Gasteiger partial charge is 0.0506 e. The van der Waals surface area contributed by atoms with Crippen molar-refractivity contribution in [1.29, 1.82) is 0 Å². The number of hydrogen-bond donors (Lipinski definition) is 1. The van der Waals surface area contributed by atoms with E-state index in [-0.39, 0.29) is 0 Å².